The predicted molar refractivity (Wildman–Crippen MR) is 61.5 cm³/mol. The summed E-state index contributed by atoms with van der Waals surface area (Å²) in [6.07, 6.45) is 2.01. The lowest BCUT2D eigenvalue weighted by molar-refractivity contribution is 0.0493. The highest BCUT2D eigenvalue weighted by atomic mass is 16.5. The molecule has 2 N–H and O–H groups in total. The molecule has 1 saturated heterocycles. The summed E-state index contributed by atoms with van der Waals surface area (Å²) in [6.45, 7) is 1.74. The van der Waals surface area contributed by atoms with Gasteiger partial charge in [-0.25, -0.2) is 0 Å². The van der Waals surface area contributed by atoms with Gasteiger partial charge in [0.25, 0.3) is 0 Å². The van der Waals surface area contributed by atoms with Gasteiger partial charge in [0.1, 0.15) is 5.75 Å². The van der Waals surface area contributed by atoms with Crippen molar-refractivity contribution in [3.8, 4) is 5.75 Å². The topological polar surface area (TPSA) is 49.7 Å². The third-order valence-corrected chi connectivity index (χ3v) is 3.35. The van der Waals surface area contributed by atoms with Crippen LogP contribution in [0, 0.1) is 5.92 Å². The van der Waals surface area contributed by atoms with Crippen molar-refractivity contribution in [3.63, 3.8) is 0 Å². The van der Waals surface area contributed by atoms with Gasteiger partial charge >= 0.3 is 0 Å². The fraction of sp³-hybridized carbons (Fsp3) is 0.538. The van der Waals surface area contributed by atoms with Crippen molar-refractivity contribution < 1.29 is 14.9 Å². The molecule has 2 rings (SSSR count). The number of benzene rings is 1. The Hall–Kier alpha value is -1.06. The van der Waals surface area contributed by atoms with E-state index in [1.54, 1.807) is 12.1 Å². The Morgan fingerprint density at radius 3 is 2.38 bits per heavy atom. The van der Waals surface area contributed by atoms with Crippen LogP contribution in [0.4, 0.5) is 0 Å². The second-order valence-corrected chi connectivity index (χ2v) is 4.33. The summed E-state index contributed by atoms with van der Waals surface area (Å²) in [4.78, 5) is 0. The van der Waals surface area contributed by atoms with Crippen LogP contribution < -0.4 is 0 Å². The van der Waals surface area contributed by atoms with Crippen molar-refractivity contribution in [2.24, 2.45) is 5.92 Å². The summed E-state index contributed by atoms with van der Waals surface area (Å²) in [5, 5.41) is 18.7. The van der Waals surface area contributed by atoms with Crippen molar-refractivity contribution in [1.82, 2.24) is 0 Å². The van der Waals surface area contributed by atoms with Crippen molar-refractivity contribution >= 4 is 0 Å². The van der Waals surface area contributed by atoms with Crippen LogP contribution in [0.2, 0.25) is 0 Å². The van der Waals surface area contributed by atoms with Crippen LogP contribution in [0.3, 0.4) is 0 Å². The molecule has 1 aromatic carbocycles. The van der Waals surface area contributed by atoms with Gasteiger partial charge in [0.2, 0.25) is 0 Å². The standard InChI is InChI=1S/C13H18O3/c14-9-13(11-5-7-16-8-6-11)10-1-3-12(15)4-2-10/h1-4,11,13-15H,5-9H2. The van der Waals surface area contributed by atoms with Gasteiger partial charge in [-0.2, -0.15) is 0 Å². The number of aromatic hydroxyl groups is 1. The second-order valence-electron chi connectivity index (χ2n) is 4.33. The molecule has 0 aromatic heterocycles. The average Bonchev–Trinajstić information content (AvgIpc) is 2.34. The summed E-state index contributed by atoms with van der Waals surface area (Å²) in [6, 6.07) is 7.14. The monoisotopic (exact) mass is 222 g/mol. The fourth-order valence-corrected chi connectivity index (χ4v) is 2.37. The first-order valence-electron chi connectivity index (χ1n) is 5.79. The molecule has 1 unspecified atom stereocenters. The van der Waals surface area contributed by atoms with E-state index < -0.39 is 0 Å². The Balaban J connectivity index is 2.11. The molecule has 1 fully saturated rings. The number of hydrogen-bond acceptors (Lipinski definition) is 3. The minimum Gasteiger partial charge on any atom is -0.508 e. The van der Waals surface area contributed by atoms with E-state index in [0.717, 1.165) is 31.6 Å². The summed E-state index contributed by atoms with van der Waals surface area (Å²) in [7, 11) is 0. The van der Waals surface area contributed by atoms with Crippen LogP contribution in [-0.2, 0) is 4.74 Å². The van der Waals surface area contributed by atoms with Crippen LogP contribution >= 0.6 is 0 Å². The molecule has 16 heavy (non-hydrogen) atoms. The summed E-state index contributed by atoms with van der Waals surface area (Å²) >= 11 is 0. The van der Waals surface area contributed by atoms with E-state index in [2.05, 4.69) is 0 Å². The van der Waals surface area contributed by atoms with Crippen LogP contribution in [-0.4, -0.2) is 30.0 Å². The van der Waals surface area contributed by atoms with E-state index in [1.807, 2.05) is 12.1 Å². The molecule has 3 heteroatoms. The molecule has 1 aliphatic rings. The van der Waals surface area contributed by atoms with Gasteiger partial charge in [-0.05, 0) is 36.5 Å². The van der Waals surface area contributed by atoms with E-state index in [0.29, 0.717) is 5.92 Å². The molecular formula is C13H18O3. The largest absolute Gasteiger partial charge is 0.508 e. The molecule has 1 aromatic rings. The van der Waals surface area contributed by atoms with Crippen LogP contribution in [0.1, 0.15) is 24.3 Å². The summed E-state index contributed by atoms with van der Waals surface area (Å²) < 4.78 is 5.33. The van der Waals surface area contributed by atoms with Gasteiger partial charge in [-0.3, -0.25) is 0 Å². The van der Waals surface area contributed by atoms with Crippen molar-refractivity contribution in [1.29, 1.82) is 0 Å². The first kappa shape index (κ1) is 11.4. The zero-order valence-electron chi connectivity index (χ0n) is 9.30. The predicted octanol–water partition coefficient (Wildman–Crippen LogP) is 1.89. The smallest absolute Gasteiger partial charge is 0.115 e. The first-order valence-corrected chi connectivity index (χ1v) is 5.79. The zero-order chi connectivity index (χ0) is 11.4. The molecule has 1 heterocycles. The van der Waals surface area contributed by atoms with E-state index in [4.69, 9.17) is 4.74 Å². The van der Waals surface area contributed by atoms with E-state index in [9.17, 15) is 10.2 Å². The molecule has 0 radical (unpaired) electrons. The van der Waals surface area contributed by atoms with Crippen LogP contribution in [0.15, 0.2) is 24.3 Å². The van der Waals surface area contributed by atoms with Gasteiger partial charge in [0.05, 0.1) is 6.61 Å². The molecule has 1 atom stereocenters. The Bertz CT molecular complexity index is 314. The third-order valence-electron chi connectivity index (χ3n) is 3.35. The number of rotatable bonds is 3. The van der Waals surface area contributed by atoms with E-state index in [-0.39, 0.29) is 18.3 Å². The Kier molecular flexibility index (Phi) is 3.80. The zero-order valence-corrected chi connectivity index (χ0v) is 9.30. The number of hydrogen-bond donors (Lipinski definition) is 2. The molecule has 0 saturated carbocycles. The molecule has 88 valence electrons. The maximum atomic E-state index is 9.50. The van der Waals surface area contributed by atoms with Crippen LogP contribution in [0.25, 0.3) is 0 Å². The first-order chi connectivity index (χ1) is 7.81. The maximum absolute atomic E-state index is 9.50. The molecule has 0 aliphatic carbocycles. The molecular weight excluding hydrogens is 204 g/mol. The number of phenols is 1. The SMILES string of the molecule is OCC(c1ccc(O)cc1)C1CCOCC1. The van der Waals surface area contributed by atoms with Crippen molar-refractivity contribution in [2.45, 2.75) is 18.8 Å². The van der Waals surface area contributed by atoms with Gasteiger partial charge in [-0.15, -0.1) is 0 Å². The molecule has 0 amide bonds. The highest BCUT2D eigenvalue weighted by Crippen LogP contribution is 2.32. The Morgan fingerprint density at radius 1 is 1.19 bits per heavy atom. The highest BCUT2D eigenvalue weighted by molar-refractivity contribution is 5.28. The van der Waals surface area contributed by atoms with E-state index in [1.165, 1.54) is 0 Å². The van der Waals surface area contributed by atoms with Crippen molar-refractivity contribution in [3.05, 3.63) is 29.8 Å². The fourth-order valence-electron chi connectivity index (χ4n) is 2.37. The minimum atomic E-state index is 0.162. The molecule has 0 bridgehead atoms. The van der Waals surface area contributed by atoms with Gasteiger partial charge in [0, 0.05) is 19.1 Å². The second kappa shape index (κ2) is 5.32. The number of aliphatic hydroxyl groups is 1. The minimum absolute atomic E-state index is 0.162. The summed E-state index contributed by atoms with van der Waals surface area (Å²) in [5.41, 5.74) is 1.10. The molecule has 1 aliphatic heterocycles. The lowest BCUT2D eigenvalue weighted by Gasteiger charge is -2.29. The van der Waals surface area contributed by atoms with Gasteiger partial charge < -0.3 is 14.9 Å². The number of aliphatic hydroxyl groups excluding tert-OH is 1. The quantitative estimate of drug-likeness (QED) is 0.821. The average molecular weight is 222 g/mol. The Labute approximate surface area is 95.7 Å². The van der Waals surface area contributed by atoms with E-state index >= 15 is 0 Å². The highest BCUT2D eigenvalue weighted by Gasteiger charge is 2.24. The lowest BCUT2D eigenvalue weighted by atomic mass is 9.82. The normalized spacial score (nSPS) is 19.6. The Morgan fingerprint density at radius 2 is 1.81 bits per heavy atom. The lowest BCUT2D eigenvalue weighted by Crippen LogP contribution is -2.24. The molecule has 3 nitrogen and oxygen atoms in total. The van der Waals surface area contributed by atoms with Gasteiger partial charge in [-0.1, -0.05) is 12.1 Å². The maximum Gasteiger partial charge on any atom is 0.115 e. The van der Waals surface area contributed by atoms with Crippen molar-refractivity contribution in [2.75, 3.05) is 19.8 Å². The van der Waals surface area contributed by atoms with Crippen LogP contribution in [0.5, 0.6) is 5.75 Å². The number of phenolic OH excluding ortho intramolecular Hbond substituents is 1. The third kappa shape index (κ3) is 2.54. The number of ether oxygens (including phenoxy) is 1. The molecule has 0 spiro atoms. The van der Waals surface area contributed by atoms with Gasteiger partial charge in [0.15, 0.2) is 0 Å². The summed E-state index contributed by atoms with van der Waals surface area (Å²) in [5.74, 6) is 0.931.